The fourth-order valence-corrected chi connectivity index (χ4v) is 1.13. The van der Waals surface area contributed by atoms with Crippen molar-refractivity contribution in [2.45, 2.75) is 13.0 Å². The normalized spacial score (nSPS) is 12.2. The predicted octanol–water partition coefficient (Wildman–Crippen LogP) is 1.76. The Labute approximate surface area is 86.0 Å². The molecule has 1 atom stereocenters. The average molecular weight is 217 g/mol. The van der Waals surface area contributed by atoms with Gasteiger partial charge in [-0.3, -0.25) is 4.79 Å². The standard InChI is InChI=1S/C9H10ClFN2O/c1-5(9(12)14)13-8-3-2-6(11)4-7(8)10/h2-5,13H,1H3,(H2,12,14). The summed E-state index contributed by atoms with van der Waals surface area (Å²) < 4.78 is 12.6. The van der Waals surface area contributed by atoms with Crippen molar-refractivity contribution in [3.63, 3.8) is 0 Å². The minimum atomic E-state index is -0.544. The zero-order valence-corrected chi connectivity index (χ0v) is 8.31. The van der Waals surface area contributed by atoms with Crippen LogP contribution in [0.5, 0.6) is 0 Å². The van der Waals surface area contributed by atoms with Gasteiger partial charge < -0.3 is 11.1 Å². The van der Waals surface area contributed by atoms with Crippen LogP contribution in [0.1, 0.15) is 6.92 Å². The molecule has 3 N–H and O–H groups in total. The molecule has 14 heavy (non-hydrogen) atoms. The van der Waals surface area contributed by atoms with E-state index in [1.807, 2.05) is 0 Å². The maximum Gasteiger partial charge on any atom is 0.239 e. The molecule has 3 nitrogen and oxygen atoms in total. The first-order chi connectivity index (χ1) is 6.50. The van der Waals surface area contributed by atoms with Crippen LogP contribution >= 0.6 is 11.6 Å². The molecule has 1 unspecified atom stereocenters. The molecule has 0 bridgehead atoms. The molecule has 0 spiro atoms. The highest BCUT2D eigenvalue weighted by Crippen LogP contribution is 2.22. The minimum Gasteiger partial charge on any atom is -0.373 e. The van der Waals surface area contributed by atoms with Gasteiger partial charge in [-0.15, -0.1) is 0 Å². The first-order valence-corrected chi connectivity index (χ1v) is 4.39. The molecule has 1 aromatic rings. The number of carbonyl (C=O) groups is 1. The number of nitrogens with two attached hydrogens (primary N) is 1. The Hall–Kier alpha value is -1.29. The van der Waals surface area contributed by atoms with E-state index in [1.165, 1.54) is 12.1 Å². The summed E-state index contributed by atoms with van der Waals surface area (Å²) in [5, 5.41) is 2.98. The summed E-state index contributed by atoms with van der Waals surface area (Å²) in [5.74, 6) is -0.919. The molecule has 1 rings (SSSR count). The van der Waals surface area contributed by atoms with Crippen LogP contribution in [0, 0.1) is 5.82 Å². The first kappa shape index (κ1) is 10.8. The van der Waals surface area contributed by atoms with Crippen molar-refractivity contribution in [3.05, 3.63) is 29.0 Å². The Bertz CT molecular complexity index is 357. The Morgan fingerprint density at radius 1 is 1.64 bits per heavy atom. The maximum absolute atomic E-state index is 12.6. The van der Waals surface area contributed by atoms with Crippen LogP contribution in [-0.4, -0.2) is 11.9 Å². The van der Waals surface area contributed by atoms with Gasteiger partial charge in [0.1, 0.15) is 11.9 Å². The van der Waals surface area contributed by atoms with Crippen LogP contribution in [0.25, 0.3) is 0 Å². The molecule has 0 aromatic heterocycles. The lowest BCUT2D eigenvalue weighted by atomic mass is 10.2. The quantitative estimate of drug-likeness (QED) is 0.809. The summed E-state index contributed by atoms with van der Waals surface area (Å²) in [6, 6.07) is 3.33. The van der Waals surface area contributed by atoms with E-state index in [0.29, 0.717) is 5.69 Å². The molecule has 0 saturated carbocycles. The molecule has 76 valence electrons. The number of nitrogens with one attached hydrogen (secondary N) is 1. The second-order valence-corrected chi connectivity index (χ2v) is 3.30. The zero-order chi connectivity index (χ0) is 10.7. The second-order valence-electron chi connectivity index (χ2n) is 2.89. The van der Waals surface area contributed by atoms with Gasteiger partial charge in [-0.05, 0) is 25.1 Å². The lowest BCUT2D eigenvalue weighted by Gasteiger charge is -2.12. The van der Waals surface area contributed by atoms with Gasteiger partial charge in [0.05, 0.1) is 10.7 Å². The Kier molecular flexibility index (Phi) is 3.30. The van der Waals surface area contributed by atoms with Gasteiger partial charge in [-0.25, -0.2) is 4.39 Å². The SMILES string of the molecule is CC(Nc1ccc(F)cc1Cl)C(N)=O. The molecule has 5 heteroatoms. The molecule has 0 fully saturated rings. The largest absolute Gasteiger partial charge is 0.373 e. The molecule has 0 aliphatic carbocycles. The Balaban J connectivity index is 2.82. The monoisotopic (exact) mass is 216 g/mol. The third kappa shape index (κ3) is 2.60. The lowest BCUT2D eigenvalue weighted by Crippen LogP contribution is -2.32. The van der Waals surface area contributed by atoms with Gasteiger partial charge in [-0.2, -0.15) is 0 Å². The Morgan fingerprint density at radius 2 is 2.29 bits per heavy atom. The highest BCUT2D eigenvalue weighted by atomic mass is 35.5. The van der Waals surface area contributed by atoms with Gasteiger partial charge in [0.2, 0.25) is 5.91 Å². The number of hydrogen-bond donors (Lipinski definition) is 2. The van der Waals surface area contributed by atoms with Gasteiger partial charge >= 0.3 is 0 Å². The molecule has 0 aliphatic heterocycles. The molecule has 0 heterocycles. The van der Waals surface area contributed by atoms with Gasteiger partial charge in [0, 0.05) is 0 Å². The van der Waals surface area contributed by atoms with Crippen LogP contribution in [-0.2, 0) is 4.79 Å². The van der Waals surface area contributed by atoms with Crippen molar-refractivity contribution in [1.29, 1.82) is 0 Å². The third-order valence-corrected chi connectivity index (χ3v) is 2.04. The van der Waals surface area contributed by atoms with Crippen molar-refractivity contribution < 1.29 is 9.18 Å². The highest BCUT2D eigenvalue weighted by Gasteiger charge is 2.10. The van der Waals surface area contributed by atoms with E-state index in [1.54, 1.807) is 6.92 Å². The van der Waals surface area contributed by atoms with Gasteiger partial charge in [0.15, 0.2) is 0 Å². The fourth-order valence-electron chi connectivity index (χ4n) is 0.911. The number of carbonyl (C=O) groups excluding carboxylic acids is 1. The number of primary amides is 1. The molecular weight excluding hydrogens is 207 g/mol. The average Bonchev–Trinajstić information content (AvgIpc) is 2.09. The molecule has 0 aliphatic rings. The molecule has 1 aromatic carbocycles. The number of hydrogen-bond acceptors (Lipinski definition) is 2. The van der Waals surface area contributed by atoms with Crippen molar-refractivity contribution in [2.24, 2.45) is 5.73 Å². The van der Waals surface area contributed by atoms with Crippen molar-refractivity contribution in [1.82, 2.24) is 0 Å². The summed E-state index contributed by atoms with van der Waals surface area (Å²) in [5.41, 5.74) is 5.53. The first-order valence-electron chi connectivity index (χ1n) is 4.01. The number of rotatable bonds is 3. The van der Waals surface area contributed by atoms with Crippen molar-refractivity contribution >= 4 is 23.2 Å². The fraction of sp³-hybridized carbons (Fsp3) is 0.222. The van der Waals surface area contributed by atoms with E-state index in [-0.39, 0.29) is 5.02 Å². The predicted molar refractivity (Wildman–Crippen MR) is 53.7 cm³/mol. The second kappa shape index (κ2) is 4.28. The molecule has 0 saturated heterocycles. The van der Waals surface area contributed by atoms with E-state index < -0.39 is 17.8 Å². The van der Waals surface area contributed by atoms with Crippen LogP contribution < -0.4 is 11.1 Å². The topological polar surface area (TPSA) is 55.1 Å². The smallest absolute Gasteiger partial charge is 0.239 e. The Morgan fingerprint density at radius 3 is 2.79 bits per heavy atom. The molecule has 1 amide bonds. The highest BCUT2D eigenvalue weighted by molar-refractivity contribution is 6.33. The number of amides is 1. The summed E-state index contributed by atoms with van der Waals surface area (Å²) in [6.07, 6.45) is 0. The number of benzene rings is 1. The van der Waals surface area contributed by atoms with E-state index in [4.69, 9.17) is 17.3 Å². The summed E-state index contributed by atoms with van der Waals surface area (Å²) >= 11 is 5.72. The van der Waals surface area contributed by atoms with Gasteiger partial charge in [0.25, 0.3) is 0 Å². The number of anilines is 1. The molecular formula is C9H10ClFN2O. The molecule has 0 radical (unpaired) electrons. The van der Waals surface area contributed by atoms with Crippen LogP contribution in [0.15, 0.2) is 18.2 Å². The van der Waals surface area contributed by atoms with E-state index in [2.05, 4.69) is 5.32 Å². The van der Waals surface area contributed by atoms with Crippen molar-refractivity contribution in [2.75, 3.05) is 5.32 Å². The van der Waals surface area contributed by atoms with Crippen LogP contribution in [0.2, 0.25) is 5.02 Å². The van der Waals surface area contributed by atoms with E-state index in [0.717, 1.165) is 6.07 Å². The zero-order valence-electron chi connectivity index (χ0n) is 7.55. The van der Waals surface area contributed by atoms with E-state index >= 15 is 0 Å². The summed E-state index contributed by atoms with van der Waals surface area (Å²) in [7, 11) is 0. The van der Waals surface area contributed by atoms with Crippen LogP contribution in [0.3, 0.4) is 0 Å². The summed E-state index contributed by atoms with van der Waals surface area (Å²) in [4.78, 5) is 10.7. The maximum atomic E-state index is 12.6. The van der Waals surface area contributed by atoms with Gasteiger partial charge in [-0.1, -0.05) is 11.6 Å². The van der Waals surface area contributed by atoms with Crippen molar-refractivity contribution in [3.8, 4) is 0 Å². The third-order valence-electron chi connectivity index (χ3n) is 1.73. The minimum absolute atomic E-state index is 0.220. The van der Waals surface area contributed by atoms with Crippen LogP contribution in [0.4, 0.5) is 10.1 Å². The van der Waals surface area contributed by atoms with E-state index in [9.17, 15) is 9.18 Å². The number of halogens is 2. The lowest BCUT2D eigenvalue weighted by molar-refractivity contribution is -0.118. The summed E-state index contributed by atoms with van der Waals surface area (Å²) in [6.45, 7) is 1.60.